The monoisotopic (exact) mass is 310 g/mol. The number of nitrogens with one attached hydrogen (secondary N) is 1. The Balaban J connectivity index is 0.00000161. The molecule has 1 aromatic rings. The summed E-state index contributed by atoms with van der Waals surface area (Å²) in [5.41, 5.74) is 1.38. The molecule has 1 aliphatic carbocycles. The highest BCUT2D eigenvalue weighted by atomic mass is 35.5. The average Bonchev–Trinajstić information content (AvgIpc) is 3.21. The van der Waals surface area contributed by atoms with Crippen LogP contribution in [0.15, 0.2) is 24.3 Å². The van der Waals surface area contributed by atoms with Gasteiger partial charge in [-0.25, -0.2) is 0 Å². The molecule has 0 radical (unpaired) electrons. The van der Waals surface area contributed by atoms with Crippen LogP contribution < -0.4 is 10.1 Å². The smallest absolute Gasteiger partial charge is 0.119 e. The summed E-state index contributed by atoms with van der Waals surface area (Å²) in [6.07, 6.45) is 2.69. The highest BCUT2D eigenvalue weighted by molar-refractivity contribution is 5.85. The maximum atomic E-state index is 5.79. The number of rotatable bonds is 5. The summed E-state index contributed by atoms with van der Waals surface area (Å²) in [4.78, 5) is 2.53. The van der Waals surface area contributed by atoms with Gasteiger partial charge in [-0.3, -0.25) is 4.90 Å². The van der Waals surface area contributed by atoms with E-state index in [0.717, 1.165) is 37.9 Å². The number of ether oxygens (including phenoxy) is 1. The van der Waals surface area contributed by atoms with Crippen molar-refractivity contribution in [2.75, 3.05) is 19.7 Å². The Hall–Kier alpha value is -0.770. The Labute approximate surface area is 134 Å². The molecule has 2 aliphatic rings. The van der Waals surface area contributed by atoms with Crippen LogP contribution in [0.3, 0.4) is 0 Å². The second kappa shape index (κ2) is 7.48. The zero-order valence-corrected chi connectivity index (χ0v) is 13.9. The van der Waals surface area contributed by atoms with Crippen LogP contribution in [0.25, 0.3) is 0 Å². The minimum Gasteiger partial charge on any atom is -0.493 e. The lowest BCUT2D eigenvalue weighted by molar-refractivity contribution is 0.166. The largest absolute Gasteiger partial charge is 0.493 e. The summed E-state index contributed by atoms with van der Waals surface area (Å²) < 4.78 is 5.79. The molecule has 3 nitrogen and oxygen atoms in total. The summed E-state index contributed by atoms with van der Waals surface area (Å²) >= 11 is 0. The summed E-state index contributed by atoms with van der Waals surface area (Å²) in [6, 6.07) is 9.82. The average molecular weight is 311 g/mol. The van der Waals surface area contributed by atoms with E-state index < -0.39 is 0 Å². The molecule has 1 saturated heterocycles. The zero-order chi connectivity index (χ0) is 13.9. The van der Waals surface area contributed by atoms with Crippen molar-refractivity contribution in [3.8, 4) is 5.75 Å². The van der Waals surface area contributed by atoms with E-state index in [1.54, 1.807) is 0 Å². The molecule has 4 heteroatoms. The molecule has 1 heterocycles. The third kappa shape index (κ3) is 5.17. The van der Waals surface area contributed by atoms with E-state index in [-0.39, 0.29) is 12.4 Å². The van der Waals surface area contributed by atoms with Crippen LogP contribution in [0, 0.1) is 5.92 Å². The molecule has 0 aromatic heterocycles. The van der Waals surface area contributed by atoms with E-state index in [0.29, 0.717) is 12.1 Å². The van der Waals surface area contributed by atoms with Crippen LogP contribution in [0.5, 0.6) is 5.75 Å². The first-order valence-corrected chi connectivity index (χ1v) is 7.89. The molecule has 0 bridgehead atoms. The van der Waals surface area contributed by atoms with Gasteiger partial charge in [0.2, 0.25) is 0 Å². The van der Waals surface area contributed by atoms with Gasteiger partial charge in [-0.05, 0) is 50.3 Å². The molecule has 2 atom stereocenters. The number of hydrogen-bond donors (Lipinski definition) is 1. The van der Waals surface area contributed by atoms with Gasteiger partial charge in [-0.15, -0.1) is 12.4 Å². The molecule has 0 amide bonds. The second-order valence-electron chi connectivity index (χ2n) is 6.56. The van der Waals surface area contributed by atoms with Crippen molar-refractivity contribution in [3.05, 3.63) is 29.8 Å². The highest BCUT2D eigenvalue weighted by Gasteiger charge is 2.22. The number of piperazine rings is 1. The van der Waals surface area contributed by atoms with Gasteiger partial charge >= 0.3 is 0 Å². The van der Waals surface area contributed by atoms with E-state index in [1.807, 2.05) is 0 Å². The number of hydrogen-bond acceptors (Lipinski definition) is 3. The molecule has 2 fully saturated rings. The minimum atomic E-state index is 0. The lowest BCUT2D eigenvalue weighted by atomic mass is 10.1. The molecular weight excluding hydrogens is 284 g/mol. The maximum absolute atomic E-state index is 5.79. The summed E-state index contributed by atoms with van der Waals surface area (Å²) in [6.45, 7) is 8.72. The fourth-order valence-electron chi connectivity index (χ4n) is 3.02. The Kier molecular flexibility index (Phi) is 5.91. The molecule has 3 rings (SSSR count). The van der Waals surface area contributed by atoms with E-state index in [1.165, 1.54) is 18.4 Å². The number of benzene rings is 1. The summed E-state index contributed by atoms with van der Waals surface area (Å²) in [7, 11) is 0. The molecule has 118 valence electrons. The van der Waals surface area contributed by atoms with E-state index in [2.05, 4.69) is 48.3 Å². The second-order valence-corrected chi connectivity index (χ2v) is 6.56. The molecule has 1 aromatic carbocycles. The first-order valence-electron chi connectivity index (χ1n) is 7.89. The van der Waals surface area contributed by atoms with E-state index in [9.17, 15) is 0 Å². The summed E-state index contributed by atoms with van der Waals surface area (Å²) in [5.74, 6) is 1.83. The van der Waals surface area contributed by atoms with E-state index >= 15 is 0 Å². The maximum Gasteiger partial charge on any atom is 0.119 e. The Bertz CT molecular complexity index is 423. The lowest BCUT2D eigenvalue weighted by Gasteiger charge is -2.36. The van der Waals surface area contributed by atoms with Crippen molar-refractivity contribution < 1.29 is 4.74 Å². The van der Waals surface area contributed by atoms with Crippen molar-refractivity contribution in [3.63, 3.8) is 0 Å². The SMILES string of the molecule is CC1CN(Cc2ccc(OCC3CC3)cc2)CC(C)N1.Cl. The first-order chi connectivity index (χ1) is 9.69. The van der Waals surface area contributed by atoms with Gasteiger partial charge in [-0.1, -0.05) is 12.1 Å². The Morgan fingerprint density at radius 1 is 1.10 bits per heavy atom. The molecule has 1 saturated carbocycles. The topological polar surface area (TPSA) is 24.5 Å². The van der Waals surface area contributed by atoms with Crippen molar-refractivity contribution >= 4 is 12.4 Å². The van der Waals surface area contributed by atoms with Crippen LogP contribution in [0.2, 0.25) is 0 Å². The van der Waals surface area contributed by atoms with Gasteiger partial charge in [0.25, 0.3) is 0 Å². The number of halogens is 1. The van der Waals surface area contributed by atoms with Crippen LogP contribution >= 0.6 is 12.4 Å². The Morgan fingerprint density at radius 3 is 2.29 bits per heavy atom. The predicted octanol–water partition coefficient (Wildman–Crippen LogP) is 3.08. The molecule has 1 N–H and O–H groups in total. The fourth-order valence-corrected chi connectivity index (χ4v) is 3.02. The molecule has 2 unspecified atom stereocenters. The van der Waals surface area contributed by atoms with Crippen molar-refractivity contribution in [2.24, 2.45) is 5.92 Å². The molecule has 1 aliphatic heterocycles. The van der Waals surface area contributed by atoms with Gasteiger partial charge in [0.15, 0.2) is 0 Å². The van der Waals surface area contributed by atoms with Gasteiger partial charge < -0.3 is 10.1 Å². The van der Waals surface area contributed by atoms with Crippen molar-refractivity contribution in [1.82, 2.24) is 10.2 Å². The van der Waals surface area contributed by atoms with E-state index in [4.69, 9.17) is 4.74 Å². The number of nitrogens with zero attached hydrogens (tertiary/aromatic N) is 1. The van der Waals surface area contributed by atoms with Crippen molar-refractivity contribution in [2.45, 2.75) is 45.3 Å². The van der Waals surface area contributed by atoms with Crippen LogP contribution in [0.4, 0.5) is 0 Å². The third-order valence-electron chi connectivity index (χ3n) is 4.15. The molecule has 0 spiro atoms. The summed E-state index contributed by atoms with van der Waals surface area (Å²) in [5, 5.41) is 3.58. The molecular formula is C17H27ClN2O. The standard InChI is InChI=1S/C17H26N2O.ClH/c1-13-9-19(10-14(2)18-13)11-15-5-7-17(8-6-15)20-12-16-3-4-16;/h5-8,13-14,16,18H,3-4,9-12H2,1-2H3;1H. The molecule has 21 heavy (non-hydrogen) atoms. The van der Waals surface area contributed by atoms with Crippen LogP contribution in [-0.2, 0) is 6.54 Å². The van der Waals surface area contributed by atoms with Gasteiger partial charge in [-0.2, -0.15) is 0 Å². The first kappa shape index (κ1) is 16.6. The van der Waals surface area contributed by atoms with Gasteiger partial charge in [0.05, 0.1) is 6.61 Å². The third-order valence-corrected chi connectivity index (χ3v) is 4.15. The van der Waals surface area contributed by atoms with Crippen LogP contribution in [-0.4, -0.2) is 36.7 Å². The Morgan fingerprint density at radius 2 is 1.71 bits per heavy atom. The van der Waals surface area contributed by atoms with Crippen LogP contribution in [0.1, 0.15) is 32.3 Å². The van der Waals surface area contributed by atoms with Crippen molar-refractivity contribution in [1.29, 1.82) is 0 Å². The minimum absolute atomic E-state index is 0. The quantitative estimate of drug-likeness (QED) is 0.904. The predicted molar refractivity (Wildman–Crippen MR) is 89.2 cm³/mol. The zero-order valence-electron chi connectivity index (χ0n) is 13.0. The lowest BCUT2D eigenvalue weighted by Crippen LogP contribution is -2.53. The highest BCUT2D eigenvalue weighted by Crippen LogP contribution is 2.29. The normalized spacial score (nSPS) is 26.2. The van der Waals surface area contributed by atoms with Gasteiger partial charge in [0, 0.05) is 31.7 Å². The van der Waals surface area contributed by atoms with Gasteiger partial charge in [0.1, 0.15) is 5.75 Å². The fraction of sp³-hybridized carbons (Fsp3) is 0.647.